The quantitative estimate of drug-likeness (QED) is 0.350. The molecule has 1 aliphatic heterocycles. The summed E-state index contributed by atoms with van der Waals surface area (Å²) in [6.45, 7) is 3.59. The molecule has 1 atom stereocenters. The summed E-state index contributed by atoms with van der Waals surface area (Å²) in [4.78, 5) is 32.3. The number of hydrogen-bond donors (Lipinski definition) is 0. The van der Waals surface area contributed by atoms with Crippen LogP contribution < -0.4 is 24.4 Å². The number of carbonyl (C=O) groups is 1. The summed E-state index contributed by atoms with van der Waals surface area (Å²) < 4.78 is 32.8. The summed E-state index contributed by atoms with van der Waals surface area (Å²) >= 11 is 1.13. The van der Waals surface area contributed by atoms with Crippen molar-refractivity contribution in [2.75, 3.05) is 20.8 Å². The van der Waals surface area contributed by atoms with Gasteiger partial charge in [0, 0.05) is 11.1 Å². The smallest absolute Gasteiger partial charge is 0.338 e. The Morgan fingerprint density at radius 2 is 1.89 bits per heavy atom. The maximum absolute atomic E-state index is 14.4. The maximum atomic E-state index is 14.4. The fourth-order valence-corrected chi connectivity index (χ4v) is 5.72. The number of hydrogen-bond acceptors (Lipinski definition) is 7. The zero-order valence-corrected chi connectivity index (χ0v) is 22.1. The molecule has 1 aromatic heterocycles. The van der Waals surface area contributed by atoms with E-state index in [0.717, 1.165) is 22.1 Å². The number of rotatable bonds is 6. The molecule has 0 bridgehead atoms. The van der Waals surface area contributed by atoms with Crippen LogP contribution in [0.2, 0.25) is 0 Å². The molecule has 0 N–H and O–H groups in total. The van der Waals surface area contributed by atoms with Crippen LogP contribution in [0, 0.1) is 5.82 Å². The number of esters is 1. The highest BCUT2D eigenvalue weighted by atomic mass is 32.1. The van der Waals surface area contributed by atoms with E-state index >= 15 is 0 Å². The lowest BCUT2D eigenvalue weighted by Crippen LogP contribution is -2.40. The largest absolute Gasteiger partial charge is 0.497 e. The van der Waals surface area contributed by atoms with Crippen LogP contribution in [-0.2, 0) is 9.53 Å². The molecular formula is C29H25FN2O5S. The molecule has 3 aromatic carbocycles. The molecule has 194 valence electrons. The Morgan fingerprint density at radius 3 is 2.61 bits per heavy atom. The first-order valence-electron chi connectivity index (χ1n) is 12.0. The third kappa shape index (κ3) is 4.28. The monoisotopic (exact) mass is 532 g/mol. The van der Waals surface area contributed by atoms with E-state index in [0.29, 0.717) is 27.6 Å². The molecule has 38 heavy (non-hydrogen) atoms. The maximum Gasteiger partial charge on any atom is 0.338 e. The molecule has 0 saturated heterocycles. The van der Waals surface area contributed by atoms with Gasteiger partial charge in [-0.25, -0.2) is 14.2 Å². The first-order valence-corrected chi connectivity index (χ1v) is 12.8. The summed E-state index contributed by atoms with van der Waals surface area (Å²) in [7, 11) is 3.11. The van der Waals surface area contributed by atoms with Crippen LogP contribution in [0.15, 0.2) is 75.7 Å². The minimum Gasteiger partial charge on any atom is -0.497 e. The van der Waals surface area contributed by atoms with Crippen molar-refractivity contribution >= 4 is 34.2 Å². The van der Waals surface area contributed by atoms with Gasteiger partial charge in [-0.3, -0.25) is 9.36 Å². The molecule has 0 radical (unpaired) electrons. The Bertz CT molecular complexity index is 1780. The van der Waals surface area contributed by atoms with Gasteiger partial charge < -0.3 is 14.2 Å². The van der Waals surface area contributed by atoms with E-state index in [9.17, 15) is 14.0 Å². The molecule has 4 aromatic rings. The zero-order chi connectivity index (χ0) is 27.0. The Hall–Kier alpha value is -4.24. The number of methoxy groups -OCH3 is 2. The average Bonchev–Trinajstić information content (AvgIpc) is 3.22. The molecule has 0 amide bonds. The topological polar surface area (TPSA) is 79.1 Å². The number of aromatic nitrogens is 1. The van der Waals surface area contributed by atoms with Crippen LogP contribution in [0.3, 0.4) is 0 Å². The van der Waals surface area contributed by atoms with Crippen molar-refractivity contribution in [2.24, 2.45) is 4.99 Å². The number of allylic oxidation sites excluding steroid dienone is 1. The summed E-state index contributed by atoms with van der Waals surface area (Å²) in [5.74, 6) is 0.0680. The van der Waals surface area contributed by atoms with E-state index in [1.165, 1.54) is 23.8 Å². The first kappa shape index (κ1) is 25.4. The van der Waals surface area contributed by atoms with Crippen LogP contribution in [0.25, 0.3) is 16.8 Å². The summed E-state index contributed by atoms with van der Waals surface area (Å²) in [5.41, 5.74) is 1.13. The highest BCUT2D eigenvalue weighted by Gasteiger charge is 2.36. The predicted molar refractivity (Wildman–Crippen MR) is 144 cm³/mol. The fraction of sp³-hybridized carbons (Fsp3) is 0.207. The summed E-state index contributed by atoms with van der Waals surface area (Å²) in [5, 5.41) is 1.61. The minimum absolute atomic E-state index is 0.153. The second-order valence-corrected chi connectivity index (χ2v) is 9.60. The van der Waals surface area contributed by atoms with Crippen LogP contribution >= 0.6 is 11.3 Å². The molecule has 0 aliphatic carbocycles. The van der Waals surface area contributed by atoms with Crippen molar-refractivity contribution in [1.29, 1.82) is 0 Å². The van der Waals surface area contributed by atoms with Crippen molar-refractivity contribution in [3.63, 3.8) is 0 Å². The third-order valence-corrected chi connectivity index (χ3v) is 7.42. The van der Waals surface area contributed by atoms with Crippen molar-refractivity contribution in [3.05, 3.63) is 102 Å². The van der Waals surface area contributed by atoms with Gasteiger partial charge in [-0.1, -0.05) is 41.7 Å². The van der Waals surface area contributed by atoms with E-state index in [-0.39, 0.29) is 22.3 Å². The highest BCUT2D eigenvalue weighted by molar-refractivity contribution is 7.07. The van der Waals surface area contributed by atoms with E-state index in [2.05, 4.69) is 4.99 Å². The van der Waals surface area contributed by atoms with Gasteiger partial charge in [0.2, 0.25) is 0 Å². The van der Waals surface area contributed by atoms with Gasteiger partial charge in [0.1, 0.15) is 23.4 Å². The van der Waals surface area contributed by atoms with Crippen molar-refractivity contribution in [3.8, 4) is 11.5 Å². The lowest BCUT2D eigenvalue weighted by molar-refractivity contribution is -0.139. The molecular weight excluding hydrogens is 507 g/mol. The van der Waals surface area contributed by atoms with E-state index in [1.807, 2.05) is 24.3 Å². The normalized spacial score (nSPS) is 15.3. The van der Waals surface area contributed by atoms with Gasteiger partial charge in [0.25, 0.3) is 5.56 Å². The molecule has 5 rings (SSSR count). The van der Waals surface area contributed by atoms with Crippen LogP contribution in [0.1, 0.15) is 31.0 Å². The Kier molecular flexibility index (Phi) is 6.86. The fourth-order valence-electron chi connectivity index (χ4n) is 4.69. The number of fused-ring (bicyclic) bond motifs is 2. The molecule has 0 saturated carbocycles. The standard InChI is InChI=1S/C29H25FN2O5S/c1-5-37-28(34)24-16(2)31-29-32(27(33)23(38-29)14-18-8-6-7-9-21(18)30)26(24)25-20-15-19(35-3)12-10-17(20)11-13-22(25)36-4/h6-15,26H,5H2,1-4H3/b23-14-. The molecule has 1 aliphatic rings. The Balaban J connectivity index is 1.88. The number of thiazole rings is 1. The second kappa shape index (κ2) is 10.3. The van der Waals surface area contributed by atoms with Crippen molar-refractivity contribution < 1.29 is 23.4 Å². The number of carbonyl (C=O) groups excluding carboxylic acids is 1. The highest BCUT2D eigenvalue weighted by Crippen LogP contribution is 2.41. The summed E-state index contributed by atoms with van der Waals surface area (Å²) in [6.07, 6.45) is 1.50. The third-order valence-electron chi connectivity index (χ3n) is 6.43. The van der Waals surface area contributed by atoms with Crippen LogP contribution in [-0.4, -0.2) is 31.4 Å². The van der Waals surface area contributed by atoms with E-state index < -0.39 is 23.4 Å². The predicted octanol–water partition coefficient (Wildman–Crippen LogP) is 4.11. The lowest BCUT2D eigenvalue weighted by Gasteiger charge is -2.27. The average molecular weight is 533 g/mol. The SMILES string of the molecule is CCOC(=O)C1=C(C)N=c2s/c(=C\c3ccccc3F)c(=O)n2C1c1c(OC)ccc2ccc(OC)cc12. The number of benzene rings is 3. The van der Waals surface area contributed by atoms with Crippen LogP contribution in [0.5, 0.6) is 11.5 Å². The molecule has 9 heteroatoms. The van der Waals surface area contributed by atoms with Crippen LogP contribution in [0.4, 0.5) is 4.39 Å². The molecule has 7 nitrogen and oxygen atoms in total. The zero-order valence-electron chi connectivity index (χ0n) is 21.3. The molecule has 0 spiro atoms. The minimum atomic E-state index is -0.904. The van der Waals surface area contributed by atoms with E-state index in [4.69, 9.17) is 14.2 Å². The first-order chi connectivity index (χ1) is 18.4. The Labute approximate surface area is 221 Å². The van der Waals surface area contributed by atoms with Crippen molar-refractivity contribution in [2.45, 2.75) is 19.9 Å². The molecule has 2 heterocycles. The number of ether oxygens (including phenoxy) is 3. The molecule has 0 fully saturated rings. The van der Waals surface area contributed by atoms with Gasteiger partial charge in [-0.05, 0) is 55.0 Å². The lowest BCUT2D eigenvalue weighted by atomic mass is 9.90. The van der Waals surface area contributed by atoms with Gasteiger partial charge >= 0.3 is 5.97 Å². The van der Waals surface area contributed by atoms with Gasteiger partial charge in [-0.2, -0.15) is 0 Å². The second-order valence-electron chi connectivity index (χ2n) is 8.59. The van der Waals surface area contributed by atoms with Gasteiger partial charge in [0.15, 0.2) is 4.80 Å². The molecule has 1 unspecified atom stereocenters. The summed E-state index contributed by atoms with van der Waals surface area (Å²) in [6, 6.07) is 14.6. The number of halogens is 1. The van der Waals surface area contributed by atoms with Crippen molar-refractivity contribution in [1.82, 2.24) is 4.57 Å². The van der Waals surface area contributed by atoms with Gasteiger partial charge in [-0.15, -0.1) is 0 Å². The van der Waals surface area contributed by atoms with Gasteiger partial charge in [0.05, 0.1) is 36.6 Å². The van der Waals surface area contributed by atoms with E-state index in [1.54, 1.807) is 45.2 Å². The Morgan fingerprint density at radius 1 is 1.13 bits per heavy atom. The number of nitrogens with zero attached hydrogens (tertiary/aromatic N) is 2.